The summed E-state index contributed by atoms with van der Waals surface area (Å²) >= 11 is 11.1. The van der Waals surface area contributed by atoms with Gasteiger partial charge in [-0.25, -0.2) is 0 Å². The van der Waals surface area contributed by atoms with Crippen LogP contribution >= 0.6 is 47.8 Å². The quantitative estimate of drug-likeness (QED) is 0.191. The molecule has 0 spiro atoms. The van der Waals surface area contributed by atoms with E-state index in [-0.39, 0.29) is 17.9 Å². The first-order valence-electron chi connectivity index (χ1n) is 15.1. The van der Waals surface area contributed by atoms with Crippen LogP contribution in [0.5, 0.6) is 0 Å². The first-order valence-corrected chi connectivity index (χ1v) is 17.5. The van der Waals surface area contributed by atoms with Crippen molar-refractivity contribution in [3.8, 4) is 22.3 Å². The van der Waals surface area contributed by atoms with Crippen molar-refractivity contribution in [2.75, 3.05) is 39.3 Å². The molecule has 7 heteroatoms. The Morgan fingerprint density at radius 1 is 0.581 bits per heavy atom. The third-order valence-corrected chi connectivity index (χ3v) is 11.1. The van der Waals surface area contributed by atoms with Gasteiger partial charge in [0.15, 0.2) is 0 Å². The van der Waals surface area contributed by atoms with Gasteiger partial charge in [0.1, 0.15) is 0 Å². The topological polar surface area (TPSA) is 46.9 Å². The van der Waals surface area contributed by atoms with E-state index in [1.807, 2.05) is 0 Å². The Morgan fingerprint density at radius 3 is 1.70 bits per heavy atom. The first-order chi connectivity index (χ1) is 20.9. The van der Waals surface area contributed by atoms with E-state index in [0.717, 1.165) is 46.0 Å². The monoisotopic (exact) mass is 764 g/mol. The van der Waals surface area contributed by atoms with Gasteiger partial charge in [-0.1, -0.05) is 102 Å². The summed E-state index contributed by atoms with van der Waals surface area (Å²) < 4.78 is 3.19. The summed E-state index contributed by atoms with van der Waals surface area (Å²) in [5.74, 6) is 0.393. The van der Waals surface area contributed by atoms with E-state index in [1.165, 1.54) is 44.5 Å². The summed E-state index contributed by atoms with van der Waals surface area (Å²) in [4.78, 5) is 4.77. The van der Waals surface area contributed by atoms with Gasteiger partial charge in [-0.05, 0) is 81.6 Å². The lowest BCUT2D eigenvalue weighted by molar-refractivity contribution is 0.0429. The largest absolute Gasteiger partial charge is 0.392 e. The van der Waals surface area contributed by atoms with Crippen LogP contribution in [0.4, 0.5) is 0 Å². The van der Waals surface area contributed by atoms with E-state index in [0.29, 0.717) is 19.5 Å². The summed E-state index contributed by atoms with van der Waals surface area (Å²) in [5, 5.41) is 22.5. The van der Waals surface area contributed by atoms with E-state index in [1.54, 1.807) is 0 Å². The Balaban J connectivity index is 0.946. The molecule has 1 heterocycles. The van der Waals surface area contributed by atoms with Gasteiger partial charge in [0, 0.05) is 64.5 Å². The normalized spacial score (nSPS) is 19.5. The summed E-state index contributed by atoms with van der Waals surface area (Å²) in [5.41, 5.74) is 10.3. The lowest BCUT2D eigenvalue weighted by atomic mass is 9.90. The van der Waals surface area contributed by atoms with E-state index in [9.17, 15) is 10.2 Å². The van der Waals surface area contributed by atoms with Gasteiger partial charge in [0.25, 0.3) is 0 Å². The Bertz CT molecular complexity index is 1610. The van der Waals surface area contributed by atoms with Crippen LogP contribution in [0.2, 0.25) is 0 Å². The zero-order valence-corrected chi connectivity index (χ0v) is 28.7. The van der Waals surface area contributed by atoms with Gasteiger partial charge >= 0.3 is 0 Å². The molecule has 4 aromatic carbocycles. The minimum absolute atomic E-state index is 0.151. The molecule has 4 aromatic rings. The third-order valence-electron chi connectivity index (χ3n) is 9.50. The predicted molar refractivity (Wildman–Crippen MR) is 185 cm³/mol. The fourth-order valence-corrected chi connectivity index (χ4v) is 9.45. The highest BCUT2D eigenvalue weighted by molar-refractivity contribution is 9.11. The minimum atomic E-state index is -0.428. The van der Waals surface area contributed by atoms with Crippen LogP contribution in [0.15, 0.2) is 92.3 Å². The smallest absolute Gasteiger partial charge is 0.0676 e. The van der Waals surface area contributed by atoms with E-state index in [4.69, 9.17) is 0 Å². The number of hydrogen-bond acceptors (Lipinski definition) is 4. The highest BCUT2D eigenvalue weighted by atomic mass is 79.9. The molecule has 1 saturated heterocycles. The number of halogens is 3. The van der Waals surface area contributed by atoms with Gasteiger partial charge in [-0.15, -0.1) is 0 Å². The lowest BCUT2D eigenvalue weighted by Gasteiger charge is -2.37. The van der Waals surface area contributed by atoms with Crippen molar-refractivity contribution in [2.45, 2.75) is 36.9 Å². The van der Waals surface area contributed by atoms with Crippen LogP contribution in [-0.4, -0.2) is 71.5 Å². The SMILES string of the molecule is O[C@H](CC1c2ccccc2-c2ccccc21)CN1CCN(C[C@H](O)C[C@@H]2c3ccc(Br)cc3-c3cc(Br)cc(Br)c32)CC1. The average molecular weight is 767 g/mol. The Morgan fingerprint density at radius 2 is 1.09 bits per heavy atom. The summed E-state index contributed by atoms with van der Waals surface area (Å²) in [6.07, 6.45) is 0.607. The second-order valence-electron chi connectivity index (χ2n) is 12.2. The van der Waals surface area contributed by atoms with Gasteiger partial charge in [-0.2, -0.15) is 0 Å². The Kier molecular flexibility index (Phi) is 8.68. The zero-order valence-electron chi connectivity index (χ0n) is 23.9. The van der Waals surface area contributed by atoms with Crippen LogP contribution in [0.25, 0.3) is 22.3 Å². The third kappa shape index (κ3) is 5.95. The molecule has 2 aliphatic carbocycles. The lowest BCUT2D eigenvalue weighted by Crippen LogP contribution is -2.50. The highest BCUT2D eigenvalue weighted by Gasteiger charge is 2.34. The number of fused-ring (bicyclic) bond motifs is 6. The molecule has 7 rings (SSSR count). The van der Waals surface area contributed by atoms with Crippen LogP contribution in [0, 0.1) is 0 Å². The van der Waals surface area contributed by atoms with Crippen LogP contribution in [0.3, 0.4) is 0 Å². The van der Waals surface area contributed by atoms with Crippen molar-refractivity contribution in [1.29, 1.82) is 0 Å². The van der Waals surface area contributed by atoms with Crippen molar-refractivity contribution in [3.63, 3.8) is 0 Å². The molecule has 43 heavy (non-hydrogen) atoms. The second-order valence-corrected chi connectivity index (χ2v) is 14.9. The molecule has 0 radical (unpaired) electrons. The number of aliphatic hydroxyl groups is 2. The molecule has 1 fully saturated rings. The maximum Gasteiger partial charge on any atom is 0.0676 e. The van der Waals surface area contributed by atoms with Crippen molar-refractivity contribution in [2.24, 2.45) is 0 Å². The molecule has 0 saturated carbocycles. The molecule has 0 amide bonds. The van der Waals surface area contributed by atoms with Gasteiger partial charge < -0.3 is 10.2 Å². The number of β-amino-alcohol motifs (C(OH)–C–C–N with tert-alkyl or cyclic N) is 2. The van der Waals surface area contributed by atoms with E-state index < -0.39 is 6.10 Å². The molecule has 0 bridgehead atoms. The highest BCUT2D eigenvalue weighted by Crippen LogP contribution is 2.51. The Labute approximate surface area is 279 Å². The summed E-state index contributed by atoms with van der Waals surface area (Å²) in [6, 6.07) is 28.1. The van der Waals surface area contributed by atoms with E-state index >= 15 is 0 Å². The fraction of sp³-hybridized carbons (Fsp3) is 0.333. The van der Waals surface area contributed by atoms with Crippen molar-refractivity contribution < 1.29 is 10.2 Å². The number of rotatable bonds is 8. The zero-order chi connectivity index (χ0) is 29.7. The molecule has 3 aliphatic rings. The number of aliphatic hydroxyl groups excluding tert-OH is 2. The van der Waals surface area contributed by atoms with Crippen LogP contribution in [-0.2, 0) is 0 Å². The maximum atomic E-state index is 11.3. The average Bonchev–Trinajstić information content (AvgIpc) is 3.46. The van der Waals surface area contributed by atoms with Crippen molar-refractivity contribution in [1.82, 2.24) is 9.80 Å². The molecule has 0 unspecified atom stereocenters. The maximum absolute atomic E-state index is 11.3. The molecule has 222 valence electrons. The molecule has 0 aromatic heterocycles. The number of benzene rings is 4. The van der Waals surface area contributed by atoms with Gasteiger partial charge in [0.05, 0.1) is 12.2 Å². The van der Waals surface area contributed by atoms with Crippen molar-refractivity contribution in [3.05, 3.63) is 115 Å². The van der Waals surface area contributed by atoms with Crippen LogP contribution < -0.4 is 0 Å². The molecule has 1 aliphatic heterocycles. The second kappa shape index (κ2) is 12.5. The Hall–Kier alpha value is -1.84. The molecular formula is C36H35Br3N2O2. The van der Waals surface area contributed by atoms with Gasteiger partial charge in [-0.3, -0.25) is 9.80 Å². The van der Waals surface area contributed by atoms with Gasteiger partial charge in [0.2, 0.25) is 0 Å². The fourth-order valence-electron chi connectivity index (χ4n) is 7.59. The molecule has 4 nitrogen and oxygen atoms in total. The summed E-state index contributed by atoms with van der Waals surface area (Å²) in [7, 11) is 0. The summed E-state index contributed by atoms with van der Waals surface area (Å²) in [6.45, 7) is 4.97. The minimum Gasteiger partial charge on any atom is -0.392 e. The first kappa shape index (κ1) is 29.8. The molecule has 3 atom stereocenters. The molecular weight excluding hydrogens is 732 g/mol. The predicted octanol–water partition coefficient (Wildman–Crippen LogP) is 8.02. The van der Waals surface area contributed by atoms with E-state index in [2.05, 4.69) is 136 Å². The number of piperazine rings is 1. The van der Waals surface area contributed by atoms with Crippen molar-refractivity contribution >= 4 is 47.8 Å². The number of hydrogen-bond donors (Lipinski definition) is 2. The standard InChI is InChI=1S/C36H35Br3N2O2/c37-22-9-10-30-31(15-22)33-16-23(38)17-35(39)36(33)34(30)19-25(43)21-41-13-11-40(12-14-41)20-24(42)18-32-28-7-3-1-5-26(28)27-6-2-4-8-29(27)32/h1-10,15-17,24-25,32,34,42-43H,11-14,18-21H2/t24-,25-,34-/m1/s1. The number of nitrogens with zero attached hydrogens (tertiary/aromatic N) is 2. The molecule has 2 N–H and O–H groups in total. The van der Waals surface area contributed by atoms with Crippen LogP contribution in [0.1, 0.15) is 46.9 Å².